The van der Waals surface area contributed by atoms with Crippen LogP contribution in [-0.2, 0) is 19.1 Å². The molecule has 0 fully saturated rings. The largest absolute Gasteiger partial charge is 0.480 e. The maximum atomic E-state index is 12.6. The molecule has 0 aliphatic heterocycles. The number of carboxylic acid groups (broad SMARTS) is 1. The fourth-order valence-electron chi connectivity index (χ4n) is 4.94. The van der Waals surface area contributed by atoms with Crippen LogP contribution in [0.3, 0.4) is 0 Å². The highest BCUT2D eigenvalue weighted by Crippen LogP contribution is 2.13. The molecule has 52 heavy (non-hydrogen) atoms. The lowest BCUT2D eigenvalue weighted by atomic mass is 10.1. The Morgan fingerprint density at radius 1 is 0.577 bits per heavy atom. The number of amides is 1. The highest BCUT2D eigenvalue weighted by Gasteiger charge is 2.18. The Hall–Kier alpha value is -3.97. The Labute approximate surface area is 316 Å². The van der Waals surface area contributed by atoms with Crippen molar-refractivity contribution in [3.05, 3.63) is 109 Å². The van der Waals surface area contributed by atoms with E-state index in [1.165, 1.54) is 0 Å². The molecule has 1 amide bonds. The predicted molar refractivity (Wildman–Crippen MR) is 220 cm³/mol. The van der Waals surface area contributed by atoms with Crippen molar-refractivity contribution < 1.29 is 24.2 Å². The smallest absolute Gasteiger partial charge is 0.326 e. The SMILES string of the molecule is CC/C=C\C/C=C\C/C=C\C/C=C\C/C=C\C/C=C\CCC(=O)OC(/C=C\C/C=C\C/C=C\CC)CCCCCCC(=O)NC(CCCN)C(=O)O. The van der Waals surface area contributed by atoms with Crippen molar-refractivity contribution in [3.8, 4) is 0 Å². The van der Waals surface area contributed by atoms with Crippen LogP contribution in [0.5, 0.6) is 0 Å². The first kappa shape index (κ1) is 48.0. The molecule has 4 N–H and O–H groups in total. The number of aliphatic carboxylic acids is 1. The van der Waals surface area contributed by atoms with Crippen LogP contribution in [0.25, 0.3) is 0 Å². The van der Waals surface area contributed by atoms with Gasteiger partial charge >= 0.3 is 11.9 Å². The second kappa shape index (κ2) is 38.3. The minimum atomic E-state index is -1.03. The normalized spacial score (nSPS) is 13.9. The lowest BCUT2D eigenvalue weighted by Gasteiger charge is -2.15. The van der Waals surface area contributed by atoms with Gasteiger partial charge in [0.1, 0.15) is 12.1 Å². The van der Waals surface area contributed by atoms with Crippen molar-refractivity contribution in [1.29, 1.82) is 0 Å². The van der Waals surface area contributed by atoms with Crippen LogP contribution in [0.15, 0.2) is 109 Å². The number of esters is 1. The van der Waals surface area contributed by atoms with Gasteiger partial charge in [-0.05, 0) is 109 Å². The van der Waals surface area contributed by atoms with Crippen molar-refractivity contribution in [2.45, 2.75) is 148 Å². The quantitative estimate of drug-likeness (QED) is 0.0353. The van der Waals surface area contributed by atoms with E-state index < -0.39 is 12.0 Å². The van der Waals surface area contributed by atoms with E-state index in [2.05, 4.69) is 116 Å². The number of nitrogens with one attached hydrogen (secondary N) is 1. The van der Waals surface area contributed by atoms with E-state index in [9.17, 15) is 19.5 Å². The fraction of sp³-hybridized carbons (Fsp3) is 0.533. The molecule has 0 bridgehead atoms. The van der Waals surface area contributed by atoms with E-state index in [-0.39, 0.29) is 18.0 Å². The summed E-state index contributed by atoms with van der Waals surface area (Å²) in [5, 5.41) is 11.9. The molecule has 2 atom stereocenters. The van der Waals surface area contributed by atoms with Crippen LogP contribution in [-0.4, -0.2) is 41.6 Å². The lowest BCUT2D eigenvalue weighted by Crippen LogP contribution is -2.40. The molecule has 0 aromatic heterocycles. The molecule has 7 nitrogen and oxygen atoms in total. The van der Waals surface area contributed by atoms with Crippen molar-refractivity contribution in [1.82, 2.24) is 5.32 Å². The summed E-state index contributed by atoms with van der Waals surface area (Å²) >= 11 is 0. The predicted octanol–water partition coefficient (Wildman–Crippen LogP) is 10.9. The van der Waals surface area contributed by atoms with E-state index >= 15 is 0 Å². The number of ether oxygens (including phenoxy) is 1. The molecule has 0 spiro atoms. The summed E-state index contributed by atoms with van der Waals surface area (Å²) in [6.07, 6.45) is 53.0. The average molecular weight is 719 g/mol. The molecule has 0 aromatic rings. The third-order valence-electron chi connectivity index (χ3n) is 7.83. The third kappa shape index (κ3) is 34.5. The molecule has 2 unspecified atom stereocenters. The minimum absolute atomic E-state index is 0.200. The number of nitrogens with two attached hydrogens (primary N) is 1. The van der Waals surface area contributed by atoms with Gasteiger partial charge in [0.2, 0.25) is 5.91 Å². The van der Waals surface area contributed by atoms with Gasteiger partial charge in [-0.15, -0.1) is 0 Å². The van der Waals surface area contributed by atoms with Gasteiger partial charge in [-0.25, -0.2) is 4.79 Å². The van der Waals surface area contributed by atoms with Crippen LogP contribution < -0.4 is 11.1 Å². The summed E-state index contributed by atoms with van der Waals surface area (Å²) in [4.78, 5) is 36.2. The Balaban J connectivity index is 4.49. The number of allylic oxidation sites excluding steroid dienone is 17. The average Bonchev–Trinajstić information content (AvgIpc) is 3.13. The molecule has 0 radical (unpaired) electrons. The second-order valence-corrected chi connectivity index (χ2v) is 12.6. The zero-order valence-electron chi connectivity index (χ0n) is 32.3. The monoisotopic (exact) mass is 719 g/mol. The number of unbranched alkanes of at least 4 members (excludes halogenated alkanes) is 3. The van der Waals surface area contributed by atoms with Gasteiger partial charge < -0.3 is 20.9 Å². The zero-order valence-corrected chi connectivity index (χ0v) is 32.3. The van der Waals surface area contributed by atoms with Crippen LogP contribution in [0.2, 0.25) is 0 Å². The standard InChI is InChI=1S/C45H70N2O5/c1-3-5-7-9-11-13-14-15-16-17-18-19-20-21-22-23-25-27-33-39-44(49)52-41(35-30-26-24-12-10-8-6-4-2)36-31-28-29-32-38-43(48)47-42(45(50)51)37-34-40-46/h5-8,11-13,15-16,18-19,21-22,24-25,27,30,35,41-42H,3-4,9-10,14,17,20,23,26,28-29,31-34,36-40,46H2,1-2H3,(H,47,48)(H,50,51)/b7-5-,8-6-,13-11-,16-15-,19-18-,22-21-,24-12-,27-25-,35-30-. The molecule has 0 saturated heterocycles. The Bertz CT molecular complexity index is 1170. The van der Waals surface area contributed by atoms with E-state index in [1.807, 2.05) is 12.2 Å². The first-order valence-corrected chi connectivity index (χ1v) is 19.7. The van der Waals surface area contributed by atoms with Gasteiger partial charge in [-0.2, -0.15) is 0 Å². The van der Waals surface area contributed by atoms with Crippen LogP contribution in [0.4, 0.5) is 0 Å². The molecule has 290 valence electrons. The minimum Gasteiger partial charge on any atom is -0.480 e. The van der Waals surface area contributed by atoms with Gasteiger partial charge in [0.15, 0.2) is 0 Å². The summed E-state index contributed by atoms with van der Waals surface area (Å²) < 4.78 is 5.83. The van der Waals surface area contributed by atoms with Gasteiger partial charge in [0.25, 0.3) is 0 Å². The summed E-state index contributed by atoms with van der Waals surface area (Å²) in [7, 11) is 0. The Kier molecular flexibility index (Phi) is 35.3. The number of carbonyl (C=O) groups excluding carboxylic acids is 2. The molecule has 7 heteroatoms. The molecule has 0 aromatic carbocycles. The molecule has 0 aliphatic rings. The lowest BCUT2D eigenvalue weighted by molar-refractivity contribution is -0.147. The first-order valence-electron chi connectivity index (χ1n) is 19.7. The summed E-state index contributed by atoms with van der Waals surface area (Å²) in [6, 6.07) is -0.889. The maximum absolute atomic E-state index is 12.6. The summed E-state index contributed by atoms with van der Waals surface area (Å²) in [5.41, 5.74) is 5.47. The third-order valence-corrected chi connectivity index (χ3v) is 7.83. The van der Waals surface area contributed by atoms with Crippen LogP contribution in [0, 0.1) is 0 Å². The number of hydrogen-bond donors (Lipinski definition) is 3. The molecule has 0 rings (SSSR count). The number of carbonyl (C=O) groups is 3. The Morgan fingerprint density at radius 2 is 1.04 bits per heavy atom. The summed E-state index contributed by atoms with van der Waals surface area (Å²) in [5.74, 6) is -1.48. The fourth-order valence-corrected chi connectivity index (χ4v) is 4.94. The van der Waals surface area contributed by atoms with Crippen molar-refractivity contribution >= 4 is 17.8 Å². The molecule has 0 saturated carbocycles. The number of rotatable bonds is 33. The Morgan fingerprint density at radius 3 is 1.52 bits per heavy atom. The topological polar surface area (TPSA) is 119 Å². The number of carboxylic acids is 1. The van der Waals surface area contributed by atoms with Gasteiger partial charge in [-0.3, -0.25) is 9.59 Å². The van der Waals surface area contributed by atoms with Crippen molar-refractivity contribution in [3.63, 3.8) is 0 Å². The van der Waals surface area contributed by atoms with Crippen molar-refractivity contribution in [2.24, 2.45) is 5.73 Å². The van der Waals surface area contributed by atoms with E-state index in [0.717, 1.165) is 83.5 Å². The van der Waals surface area contributed by atoms with Gasteiger partial charge in [-0.1, -0.05) is 130 Å². The van der Waals surface area contributed by atoms with Crippen LogP contribution >= 0.6 is 0 Å². The highest BCUT2D eigenvalue weighted by atomic mass is 16.5. The molecule has 0 heterocycles. The van der Waals surface area contributed by atoms with E-state index in [1.54, 1.807) is 0 Å². The first-order chi connectivity index (χ1) is 25.4. The highest BCUT2D eigenvalue weighted by molar-refractivity contribution is 5.83. The van der Waals surface area contributed by atoms with Gasteiger partial charge in [0.05, 0.1) is 0 Å². The van der Waals surface area contributed by atoms with E-state index in [4.69, 9.17) is 10.5 Å². The molecular weight excluding hydrogens is 649 g/mol. The number of hydrogen-bond acceptors (Lipinski definition) is 5. The van der Waals surface area contributed by atoms with Gasteiger partial charge in [0, 0.05) is 12.8 Å². The van der Waals surface area contributed by atoms with Crippen molar-refractivity contribution in [2.75, 3.05) is 6.54 Å². The molecule has 0 aliphatic carbocycles. The van der Waals surface area contributed by atoms with Crippen LogP contribution in [0.1, 0.15) is 136 Å². The molecular formula is C45H70N2O5. The van der Waals surface area contributed by atoms with E-state index in [0.29, 0.717) is 45.1 Å². The second-order valence-electron chi connectivity index (χ2n) is 12.6. The maximum Gasteiger partial charge on any atom is 0.326 e. The zero-order chi connectivity index (χ0) is 38.2. The summed E-state index contributed by atoms with van der Waals surface area (Å²) in [6.45, 7) is 4.66.